The predicted molar refractivity (Wildman–Crippen MR) is 89.2 cm³/mol. The summed E-state index contributed by atoms with van der Waals surface area (Å²) in [6.45, 7) is 2.74. The van der Waals surface area contributed by atoms with Gasteiger partial charge in [-0.3, -0.25) is 4.79 Å². The van der Waals surface area contributed by atoms with E-state index in [1.165, 1.54) is 0 Å². The number of carbonyl (C=O) groups is 1. The third-order valence-electron chi connectivity index (χ3n) is 3.81. The highest BCUT2D eigenvalue weighted by atomic mass is 16.7. The molecule has 0 saturated carbocycles. The number of benzene rings is 2. The number of nitrogens with one attached hydrogen (secondary N) is 1. The molecule has 0 saturated heterocycles. The second-order valence-electron chi connectivity index (χ2n) is 5.51. The van der Waals surface area contributed by atoms with Gasteiger partial charge in [-0.05, 0) is 36.2 Å². The molecule has 0 spiro atoms. The molecule has 1 unspecified atom stereocenters. The van der Waals surface area contributed by atoms with Crippen LogP contribution in [0.3, 0.4) is 0 Å². The van der Waals surface area contributed by atoms with Crippen molar-refractivity contribution in [1.82, 2.24) is 5.32 Å². The first kappa shape index (κ1) is 16.1. The van der Waals surface area contributed by atoms with Crippen LogP contribution in [-0.4, -0.2) is 18.7 Å². The third-order valence-corrected chi connectivity index (χ3v) is 3.81. The van der Waals surface area contributed by atoms with Crippen LogP contribution in [0.1, 0.15) is 18.9 Å². The molecule has 24 heavy (non-hydrogen) atoms. The average molecular weight is 328 g/mol. The van der Waals surface area contributed by atoms with Crippen molar-refractivity contribution >= 4 is 5.91 Å². The number of nitrogens with two attached hydrogens (primary N) is 1. The third kappa shape index (κ3) is 3.78. The largest absolute Gasteiger partial charge is 0.457 e. The van der Waals surface area contributed by atoms with Crippen molar-refractivity contribution in [2.45, 2.75) is 25.9 Å². The summed E-state index contributed by atoms with van der Waals surface area (Å²) in [4.78, 5) is 11.2. The molecule has 126 valence electrons. The second kappa shape index (κ2) is 7.23. The molecule has 0 fully saturated rings. The molecule has 1 aliphatic rings. The van der Waals surface area contributed by atoms with E-state index in [4.69, 9.17) is 19.9 Å². The van der Waals surface area contributed by atoms with Crippen molar-refractivity contribution in [3.63, 3.8) is 0 Å². The van der Waals surface area contributed by atoms with Gasteiger partial charge in [0.15, 0.2) is 11.5 Å². The van der Waals surface area contributed by atoms with E-state index in [1.807, 2.05) is 43.3 Å². The van der Waals surface area contributed by atoms with Crippen molar-refractivity contribution in [3.8, 4) is 23.0 Å². The molecule has 3 rings (SSSR count). The van der Waals surface area contributed by atoms with E-state index in [2.05, 4.69) is 5.32 Å². The van der Waals surface area contributed by atoms with Gasteiger partial charge < -0.3 is 25.3 Å². The second-order valence-corrected chi connectivity index (χ2v) is 5.51. The fourth-order valence-corrected chi connectivity index (χ4v) is 2.44. The molecule has 0 aliphatic carbocycles. The normalized spacial score (nSPS) is 13.5. The number of rotatable bonds is 7. The molecule has 3 N–H and O–H groups in total. The highest BCUT2D eigenvalue weighted by molar-refractivity contribution is 5.79. The maximum absolute atomic E-state index is 11.2. The Bertz CT molecular complexity index is 715. The highest BCUT2D eigenvalue weighted by Crippen LogP contribution is 2.36. The quantitative estimate of drug-likeness (QED) is 0.816. The predicted octanol–water partition coefficient (Wildman–Crippen LogP) is 2.56. The van der Waals surface area contributed by atoms with Gasteiger partial charge in [0, 0.05) is 12.6 Å². The van der Waals surface area contributed by atoms with Crippen LogP contribution in [0.5, 0.6) is 23.0 Å². The van der Waals surface area contributed by atoms with Gasteiger partial charge in [-0.2, -0.15) is 0 Å². The Morgan fingerprint density at radius 2 is 1.88 bits per heavy atom. The Kier molecular flexibility index (Phi) is 4.86. The number of amides is 1. The molecular weight excluding hydrogens is 308 g/mol. The number of fused-ring (bicyclic) bond motifs is 1. The van der Waals surface area contributed by atoms with Crippen molar-refractivity contribution in [2.24, 2.45) is 5.73 Å². The van der Waals surface area contributed by atoms with Crippen LogP contribution in [0.2, 0.25) is 0 Å². The van der Waals surface area contributed by atoms with Crippen LogP contribution in [0.4, 0.5) is 0 Å². The summed E-state index contributed by atoms with van der Waals surface area (Å²) in [5, 5.41) is 3.14. The first-order valence-corrected chi connectivity index (χ1v) is 7.85. The van der Waals surface area contributed by atoms with Gasteiger partial charge in [-0.15, -0.1) is 0 Å². The van der Waals surface area contributed by atoms with E-state index in [0.717, 1.165) is 17.1 Å². The van der Waals surface area contributed by atoms with E-state index in [1.54, 1.807) is 6.07 Å². The summed E-state index contributed by atoms with van der Waals surface area (Å²) in [5.74, 6) is 2.49. The molecular formula is C18H20N2O4. The molecule has 1 aliphatic heterocycles. The molecule has 1 amide bonds. The molecule has 0 aromatic heterocycles. The Hall–Kier alpha value is -2.73. The monoisotopic (exact) mass is 328 g/mol. The Balaban J connectivity index is 1.59. The zero-order valence-corrected chi connectivity index (χ0v) is 13.5. The minimum Gasteiger partial charge on any atom is -0.457 e. The van der Waals surface area contributed by atoms with E-state index < -0.39 is 0 Å². The van der Waals surface area contributed by atoms with E-state index in [-0.39, 0.29) is 18.7 Å². The van der Waals surface area contributed by atoms with Gasteiger partial charge in [-0.25, -0.2) is 0 Å². The van der Waals surface area contributed by atoms with Gasteiger partial charge in [0.2, 0.25) is 12.7 Å². The minimum absolute atomic E-state index is 0.241. The molecule has 1 atom stereocenters. The van der Waals surface area contributed by atoms with Crippen LogP contribution in [0, 0.1) is 0 Å². The van der Waals surface area contributed by atoms with Crippen molar-refractivity contribution in [1.29, 1.82) is 0 Å². The summed E-state index contributed by atoms with van der Waals surface area (Å²) < 4.78 is 16.4. The van der Waals surface area contributed by atoms with Gasteiger partial charge in [0.1, 0.15) is 11.5 Å². The Morgan fingerprint density at radius 1 is 1.17 bits per heavy atom. The maximum atomic E-state index is 11.2. The Morgan fingerprint density at radius 3 is 2.58 bits per heavy atom. The van der Waals surface area contributed by atoms with Crippen LogP contribution >= 0.6 is 0 Å². The first-order valence-electron chi connectivity index (χ1n) is 7.85. The lowest BCUT2D eigenvalue weighted by Gasteiger charge is -2.13. The topological polar surface area (TPSA) is 82.8 Å². The summed E-state index contributed by atoms with van der Waals surface area (Å²) in [7, 11) is 0. The first-order chi connectivity index (χ1) is 11.7. The molecule has 1 heterocycles. The molecule has 6 heteroatoms. The van der Waals surface area contributed by atoms with Crippen LogP contribution in [-0.2, 0) is 11.3 Å². The van der Waals surface area contributed by atoms with E-state index in [0.29, 0.717) is 24.5 Å². The summed E-state index contributed by atoms with van der Waals surface area (Å²) in [5.41, 5.74) is 6.37. The Labute approximate surface area is 140 Å². The molecule has 6 nitrogen and oxygen atoms in total. The summed E-state index contributed by atoms with van der Waals surface area (Å²) in [6, 6.07) is 12.8. The zero-order valence-electron chi connectivity index (χ0n) is 13.5. The number of ether oxygens (including phenoxy) is 3. The van der Waals surface area contributed by atoms with Crippen LogP contribution in [0.15, 0.2) is 42.5 Å². The fraction of sp³-hybridized carbons (Fsp3) is 0.278. The highest BCUT2D eigenvalue weighted by Gasteiger charge is 2.14. The average Bonchev–Trinajstić information content (AvgIpc) is 3.04. The van der Waals surface area contributed by atoms with E-state index in [9.17, 15) is 4.79 Å². The lowest BCUT2D eigenvalue weighted by molar-refractivity contribution is -0.120. The maximum Gasteiger partial charge on any atom is 0.234 e. The number of primary amides is 1. The lowest BCUT2D eigenvalue weighted by atomic mass is 10.1. The molecule has 2 aromatic rings. The van der Waals surface area contributed by atoms with Crippen molar-refractivity contribution in [3.05, 3.63) is 48.0 Å². The van der Waals surface area contributed by atoms with E-state index >= 15 is 0 Å². The zero-order chi connectivity index (χ0) is 16.9. The fourth-order valence-electron chi connectivity index (χ4n) is 2.44. The number of hydrogen-bond acceptors (Lipinski definition) is 5. The smallest absolute Gasteiger partial charge is 0.234 e. The van der Waals surface area contributed by atoms with Crippen molar-refractivity contribution < 1.29 is 19.0 Å². The van der Waals surface area contributed by atoms with Gasteiger partial charge >= 0.3 is 0 Å². The molecule has 0 radical (unpaired) electrons. The minimum atomic E-state index is -0.333. The number of hydrogen-bond donors (Lipinski definition) is 2. The van der Waals surface area contributed by atoms with Gasteiger partial charge in [0.05, 0.1) is 6.04 Å². The van der Waals surface area contributed by atoms with Gasteiger partial charge in [0.25, 0.3) is 0 Å². The summed E-state index contributed by atoms with van der Waals surface area (Å²) >= 11 is 0. The van der Waals surface area contributed by atoms with Crippen LogP contribution in [0.25, 0.3) is 0 Å². The van der Waals surface area contributed by atoms with Crippen LogP contribution < -0.4 is 25.3 Å². The van der Waals surface area contributed by atoms with Gasteiger partial charge in [-0.1, -0.05) is 19.1 Å². The van der Waals surface area contributed by atoms with Crippen molar-refractivity contribution in [2.75, 3.05) is 6.79 Å². The molecule has 2 aromatic carbocycles. The SMILES string of the molecule is CCC(NCc1ccc(Oc2ccc3c(c2)OCO3)cc1)C(N)=O. The number of carbonyl (C=O) groups excluding carboxylic acids is 1. The standard InChI is InChI=1S/C18H20N2O4/c1-2-15(18(19)21)20-10-12-3-5-13(6-4-12)24-14-7-8-16-17(9-14)23-11-22-16/h3-9,15,20H,2,10-11H2,1H3,(H2,19,21). The molecule has 0 bridgehead atoms. The summed E-state index contributed by atoms with van der Waals surface area (Å²) in [6.07, 6.45) is 0.667. The lowest BCUT2D eigenvalue weighted by Crippen LogP contribution is -2.40.